The lowest BCUT2D eigenvalue weighted by Gasteiger charge is -2.23. The van der Waals surface area contributed by atoms with Crippen LogP contribution >= 0.6 is 0 Å². The second-order valence-corrected chi connectivity index (χ2v) is 7.16. The highest BCUT2D eigenvalue weighted by Crippen LogP contribution is 2.09. The topological polar surface area (TPSA) is 198 Å². The van der Waals surface area contributed by atoms with Gasteiger partial charge in [-0.05, 0) is 12.8 Å². The Morgan fingerprint density at radius 1 is 1.32 bits per heavy atom. The van der Waals surface area contributed by atoms with Crippen LogP contribution in [0.5, 0.6) is 0 Å². The number of amides is 4. The highest BCUT2D eigenvalue weighted by molar-refractivity contribution is 5.95. The van der Waals surface area contributed by atoms with Crippen LogP contribution in [0.2, 0.25) is 0 Å². The fourth-order valence-corrected chi connectivity index (χ4v) is 3.12. The summed E-state index contributed by atoms with van der Waals surface area (Å²) in [5, 5.41) is 16.5. The summed E-state index contributed by atoms with van der Waals surface area (Å²) in [6.45, 7) is 1.44. The monoisotopic (exact) mass is 437 g/mol. The van der Waals surface area contributed by atoms with Gasteiger partial charge in [-0.15, -0.1) is 0 Å². The molecule has 13 heteroatoms. The number of carboxylic acids is 1. The van der Waals surface area contributed by atoms with Crippen molar-refractivity contribution in [1.82, 2.24) is 25.6 Å². The van der Waals surface area contributed by atoms with Crippen molar-refractivity contribution in [3.05, 3.63) is 18.2 Å². The summed E-state index contributed by atoms with van der Waals surface area (Å²) in [5.41, 5.74) is 8.38. The van der Waals surface area contributed by atoms with Gasteiger partial charge in [0, 0.05) is 12.8 Å². The van der Waals surface area contributed by atoms with E-state index in [4.69, 9.17) is 10.8 Å². The summed E-state index contributed by atoms with van der Waals surface area (Å²) in [7, 11) is 0. The Balaban J connectivity index is 2.17. The summed E-state index contributed by atoms with van der Waals surface area (Å²) < 4.78 is 1.33. The van der Waals surface area contributed by atoms with Crippen LogP contribution in [-0.2, 0) is 30.4 Å². The average molecular weight is 437 g/mol. The zero-order chi connectivity index (χ0) is 23.0. The lowest BCUT2D eigenvalue weighted by molar-refractivity contribution is -0.135. The van der Waals surface area contributed by atoms with Crippen LogP contribution in [0.15, 0.2) is 12.5 Å². The summed E-state index contributed by atoms with van der Waals surface area (Å²) in [4.78, 5) is 63.2. The van der Waals surface area contributed by atoms with E-state index in [2.05, 4.69) is 26.4 Å². The molecule has 1 fully saturated rings. The van der Waals surface area contributed by atoms with Crippen LogP contribution in [-0.4, -0.2) is 69.0 Å². The maximum atomic E-state index is 12.9. The van der Waals surface area contributed by atoms with Crippen LogP contribution in [0, 0.1) is 0 Å². The van der Waals surface area contributed by atoms with Crippen LogP contribution in [0.4, 0.5) is 0 Å². The molecule has 0 spiro atoms. The lowest BCUT2D eigenvalue weighted by atomic mass is 10.1. The maximum Gasteiger partial charge on any atom is 0.324 e. The van der Waals surface area contributed by atoms with E-state index in [1.54, 1.807) is 0 Å². The Morgan fingerprint density at radius 2 is 2.06 bits per heavy atom. The van der Waals surface area contributed by atoms with Gasteiger partial charge in [-0.25, -0.2) is 4.98 Å². The first-order valence-electron chi connectivity index (χ1n) is 9.87. The van der Waals surface area contributed by atoms with Gasteiger partial charge in [-0.3, -0.25) is 28.6 Å². The number of hydrogen-bond donors (Lipinski definition) is 6. The van der Waals surface area contributed by atoms with E-state index in [1.165, 1.54) is 17.2 Å². The lowest BCUT2D eigenvalue weighted by Crippen LogP contribution is -2.56. The van der Waals surface area contributed by atoms with E-state index < -0.39 is 41.8 Å². The molecule has 2 heterocycles. The van der Waals surface area contributed by atoms with E-state index >= 15 is 0 Å². The molecule has 4 amide bonds. The minimum absolute atomic E-state index is 0.0531. The normalized spacial score (nSPS) is 17.3. The summed E-state index contributed by atoms with van der Waals surface area (Å²) in [5.74, 6) is -3.23. The second-order valence-electron chi connectivity index (χ2n) is 7.16. The Hall–Kier alpha value is -3.64. The average Bonchev–Trinajstić information content (AvgIpc) is 3.33. The maximum absolute atomic E-state index is 12.9. The molecule has 31 heavy (non-hydrogen) atoms. The number of carbonyl (C=O) groups excluding carboxylic acids is 4. The molecule has 1 aliphatic heterocycles. The van der Waals surface area contributed by atoms with Gasteiger partial charge in [0.15, 0.2) is 0 Å². The molecule has 0 saturated carbocycles. The Bertz CT molecular complexity index is 839. The molecule has 3 atom stereocenters. The highest BCUT2D eigenvalue weighted by Gasteiger charge is 2.32. The van der Waals surface area contributed by atoms with Crippen molar-refractivity contribution >= 4 is 29.6 Å². The molecule has 1 aliphatic rings. The van der Waals surface area contributed by atoms with Gasteiger partial charge < -0.3 is 32.2 Å². The molecule has 1 aromatic heterocycles. The van der Waals surface area contributed by atoms with Gasteiger partial charge in [0.2, 0.25) is 23.6 Å². The largest absolute Gasteiger partial charge is 0.480 e. The van der Waals surface area contributed by atoms with E-state index in [0.717, 1.165) is 0 Å². The quantitative estimate of drug-likeness (QED) is 0.208. The SMILES string of the molecule is CCCC(NC(=O)C(Cc1cncn1NCC(=O)O)NC(=O)C1CCC(=O)N1)C(N)=O. The van der Waals surface area contributed by atoms with E-state index in [1.807, 2.05) is 6.92 Å². The first-order valence-corrected chi connectivity index (χ1v) is 9.87. The Kier molecular flexibility index (Phi) is 8.34. The van der Waals surface area contributed by atoms with Crippen LogP contribution in [0.25, 0.3) is 0 Å². The Labute approximate surface area is 178 Å². The smallest absolute Gasteiger partial charge is 0.324 e. The summed E-state index contributed by atoms with van der Waals surface area (Å²) >= 11 is 0. The predicted octanol–water partition coefficient (Wildman–Crippen LogP) is -2.41. The van der Waals surface area contributed by atoms with E-state index in [-0.39, 0.29) is 25.3 Å². The van der Waals surface area contributed by atoms with Gasteiger partial charge in [-0.2, -0.15) is 0 Å². The van der Waals surface area contributed by atoms with Crippen LogP contribution < -0.4 is 27.1 Å². The number of primary amides is 1. The number of aliphatic carboxylic acids is 1. The van der Waals surface area contributed by atoms with Gasteiger partial charge in [-0.1, -0.05) is 13.3 Å². The van der Waals surface area contributed by atoms with Gasteiger partial charge >= 0.3 is 5.97 Å². The molecule has 0 bridgehead atoms. The molecule has 7 N–H and O–H groups in total. The molecule has 170 valence electrons. The minimum Gasteiger partial charge on any atom is -0.480 e. The second kappa shape index (κ2) is 10.9. The summed E-state index contributed by atoms with van der Waals surface area (Å²) in [6.07, 6.45) is 4.13. The molecule has 0 radical (unpaired) electrons. The molecule has 13 nitrogen and oxygen atoms in total. The first kappa shape index (κ1) is 23.6. The molecule has 0 aromatic carbocycles. The van der Waals surface area contributed by atoms with Crippen molar-refractivity contribution in [2.75, 3.05) is 12.0 Å². The third kappa shape index (κ3) is 6.97. The number of imidazole rings is 1. The fraction of sp³-hybridized carbons (Fsp3) is 0.556. The number of nitrogens with one attached hydrogen (secondary N) is 4. The van der Waals surface area contributed by atoms with E-state index in [9.17, 15) is 24.0 Å². The third-order valence-electron chi connectivity index (χ3n) is 4.71. The third-order valence-corrected chi connectivity index (χ3v) is 4.71. The number of nitrogens with zero attached hydrogens (tertiary/aromatic N) is 2. The zero-order valence-corrected chi connectivity index (χ0v) is 17.1. The van der Waals surface area contributed by atoms with Crippen molar-refractivity contribution < 1.29 is 29.1 Å². The zero-order valence-electron chi connectivity index (χ0n) is 17.1. The minimum atomic E-state index is -1.12. The molecule has 0 aliphatic carbocycles. The predicted molar refractivity (Wildman–Crippen MR) is 107 cm³/mol. The summed E-state index contributed by atoms with van der Waals surface area (Å²) in [6, 6.07) is -2.79. The van der Waals surface area contributed by atoms with Crippen molar-refractivity contribution in [3.8, 4) is 0 Å². The van der Waals surface area contributed by atoms with E-state index in [0.29, 0.717) is 25.0 Å². The molecular weight excluding hydrogens is 410 g/mol. The van der Waals surface area contributed by atoms with Crippen molar-refractivity contribution in [1.29, 1.82) is 0 Å². The fourth-order valence-electron chi connectivity index (χ4n) is 3.12. The number of hydrogen-bond acceptors (Lipinski definition) is 7. The molecule has 1 saturated heterocycles. The van der Waals surface area contributed by atoms with Gasteiger partial charge in [0.05, 0.1) is 11.9 Å². The molecule has 3 unspecified atom stereocenters. The van der Waals surface area contributed by atoms with Crippen molar-refractivity contribution in [3.63, 3.8) is 0 Å². The first-order chi connectivity index (χ1) is 14.7. The highest BCUT2D eigenvalue weighted by atomic mass is 16.4. The van der Waals surface area contributed by atoms with Crippen LogP contribution in [0.1, 0.15) is 38.3 Å². The van der Waals surface area contributed by atoms with Gasteiger partial charge in [0.25, 0.3) is 0 Å². The van der Waals surface area contributed by atoms with Crippen molar-refractivity contribution in [2.45, 2.75) is 57.2 Å². The van der Waals surface area contributed by atoms with Crippen LogP contribution in [0.3, 0.4) is 0 Å². The van der Waals surface area contributed by atoms with Gasteiger partial charge in [0.1, 0.15) is 31.0 Å². The number of rotatable bonds is 12. The molecule has 1 aromatic rings. The standard InChI is InChI=1S/C18H27N7O6/c1-2-3-11(16(19)29)23-18(31)13(24-17(30)12-4-5-14(26)22-12)6-10-7-20-9-25(10)21-8-15(27)28/h7,9,11-13,21H,2-6,8H2,1H3,(H2,19,29)(H,22,26)(H,23,31)(H,24,30)(H,27,28). The number of carboxylic acid groups (broad SMARTS) is 1. The van der Waals surface area contributed by atoms with Crippen molar-refractivity contribution in [2.24, 2.45) is 5.73 Å². The molecule has 2 rings (SSSR count). The molecular formula is C18H27N7O6. The number of aromatic nitrogens is 2. The number of carbonyl (C=O) groups is 5. The Morgan fingerprint density at radius 3 is 2.65 bits per heavy atom. The number of nitrogens with two attached hydrogens (primary N) is 1.